The van der Waals surface area contributed by atoms with Crippen molar-refractivity contribution in [3.05, 3.63) is 0 Å². The lowest BCUT2D eigenvalue weighted by molar-refractivity contribution is 0.117. The molecule has 1 aliphatic heterocycles. The van der Waals surface area contributed by atoms with Gasteiger partial charge in [0.15, 0.2) is 0 Å². The second kappa shape index (κ2) is 5.07. The van der Waals surface area contributed by atoms with Crippen LogP contribution in [0, 0.1) is 5.41 Å². The van der Waals surface area contributed by atoms with Gasteiger partial charge in [-0.3, -0.25) is 0 Å². The summed E-state index contributed by atoms with van der Waals surface area (Å²) in [6.07, 6.45) is 2.20. The zero-order valence-electron chi connectivity index (χ0n) is 10.5. The molecule has 0 bridgehead atoms. The fourth-order valence-corrected chi connectivity index (χ4v) is 3.83. The number of aliphatic hydroxyl groups is 1. The number of rotatable bonds is 4. The summed E-state index contributed by atoms with van der Waals surface area (Å²) in [4.78, 5) is 0. The second-order valence-electron chi connectivity index (χ2n) is 5.73. The third-order valence-corrected chi connectivity index (χ3v) is 4.90. The molecule has 1 saturated heterocycles. The molecule has 2 N–H and O–H groups in total. The molecule has 0 amide bonds. The molecule has 1 aliphatic rings. The molecular formula is C12H25NOS. The lowest BCUT2D eigenvalue weighted by atomic mass is 9.80. The zero-order chi connectivity index (χ0) is 11.5. The molecular weight excluding hydrogens is 206 g/mol. The van der Waals surface area contributed by atoms with E-state index in [0.29, 0.717) is 11.5 Å². The zero-order valence-corrected chi connectivity index (χ0v) is 11.3. The molecule has 2 nitrogen and oxygen atoms in total. The first kappa shape index (κ1) is 13.3. The Kier molecular flexibility index (Phi) is 4.50. The maximum absolute atomic E-state index is 9.64. The Morgan fingerprint density at radius 3 is 2.53 bits per heavy atom. The van der Waals surface area contributed by atoms with Crippen LogP contribution in [-0.4, -0.2) is 34.8 Å². The predicted octanol–water partition coefficient (Wildman–Crippen LogP) is 2.27. The van der Waals surface area contributed by atoms with Crippen LogP contribution in [0.3, 0.4) is 0 Å². The minimum Gasteiger partial charge on any atom is -0.394 e. The Balaban J connectivity index is 2.66. The Bertz CT molecular complexity index is 208. The molecule has 15 heavy (non-hydrogen) atoms. The van der Waals surface area contributed by atoms with E-state index in [0.717, 1.165) is 18.6 Å². The van der Waals surface area contributed by atoms with E-state index < -0.39 is 0 Å². The molecule has 0 aromatic rings. The molecule has 0 aromatic heterocycles. The van der Waals surface area contributed by atoms with Gasteiger partial charge in [-0.05, 0) is 30.9 Å². The van der Waals surface area contributed by atoms with E-state index in [1.54, 1.807) is 0 Å². The lowest BCUT2D eigenvalue weighted by Gasteiger charge is -2.45. The largest absolute Gasteiger partial charge is 0.394 e. The molecule has 0 radical (unpaired) electrons. The minimum atomic E-state index is -0.0537. The Morgan fingerprint density at radius 1 is 1.40 bits per heavy atom. The van der Waals surface area contributed by atoms with Gasteiger partial charge in [-0.15, -0.1) is 0 Å². The van der Waals surface area contributed by atoms with Gasteiger partial charge in [0.1, 0.15) is 0 Å². The van der Waals surface area contributed by atoms with Crippen molar-refractivity contribution in [1.82, 2.24) is 5.32 Å². The van der Waals surface area contributed by atoms with Gasteiger partial charge in [-0.25, -0.2) is 0 Å². The summed E-state index contributed by atoms with van der Waals surface area (Å²) in [5, 5.41) is 13.3. The predicted molar refractivity (Wildman–Crippen MR) is 68.4 cm³/mol. The summed E-state index contributed by atoms with van der Waals surface area (Å²) in [7, 11) is 0. The number of hydrogen-bond acceptors (Lipinski definition) is 3. The van der Waals surface area contributed by atoms with Gasteiger partial charge in [-0.1, -0.05) is 20.8 Å². The summed E-state index contributed by atoms with van der Waals surface area (Å²) in [6, 6.07) is 0.492. The fraction of sp³-hybridized carbons (Fsp3) is 1.00. The highest BCUT2D eigenvalue weighted by Crippen LogP contribution is 2.39. The number of hydrogen-bond donors (Lipinski definition) is 2. The summed E-state index contributed by atoms with van der Waals surface area (Å²) in [5.41, 5.74) is 0.286. The first-order valence-corrected chi connectivity index (χ1v) is 7.05. The number of thioether (sulfide) groups is 1. The molecule has 3 heteroatoms. The van der Waals surface area contributed by atoms with Crippen LogP contribution in [0.1, 0.15) is 40.5 Å². The second-order valence-corrected chi connectivity index (χ2v) is 6.71. The Hall–Kier alpha value is 0.270. The van der Waals surface area contributed by atoms with Crippen LogP contribution in [0.2, 0.25) is 0 Å². The van der Waals surface area contributed by atoms with E-state index in [-0.39, 0.29) is 12.1 Å². The van der Waals surface area contributed by atoms with Crippen molar-refractivity contribution in [2.75, 3.05) is 18.1 Å². The highest BCUT2D eigenvalue weighted by molar-refractivity contribution is 7.99. The smallest absolute Gasteiger partial charge is 0.0621 e. The normalized spacial score (nSPS) is 32.6. The van der Waals surface area contributed by atoms with E-state index in [1.807, 2.05) is 11.8 Å². The van der Waals surface area contributed by atoms with Crippen molar-refractivity contribution >= 4 is 11.8 Å². The first-order valence-electron chi connectivity index (χ1n) is 5.89. The van der Waals surface area contributed by atoms with Crippen LogP contribution in [-0.2, 0) is 0 Å². The van der Waals surface area contributed by atoms with Crippen molar-refractivity contribution < 1.29 is 5.11 Å². The maximum atomic E-state index is 9.64. The number of nitrogens with one attached hydrogen (secondary N) is 1. The summed E-state index contributed by atoms with van der Waals surface area (Å²) in [6.45, 7) is 9.23. The Morgan fingerprint density at radius 2 is 2.07 bits per heavy atom. The average molecular weight is 231 g/mol. The SMILES string of the molecule is CCC(C)NC1(CO)CSCC(C)(C)C1. The van der Waals surface area contributed by atoms with Gasteiger partial charge in [-0.2, -0.15) is 11.8 Å². The van der Waals surface area contributed by atoms with E-state index in [1.165, 1.54) is 5.75 Å². The molecule has 0 saturated carbocycles. The first-order chi connectivity index (χ1) is 6.93. The molecule has 1 rings (SSSR count). The van der Waals surface area contributed by atoms with Crippen molar-refractivity contribution in [2.24, 2.45) is 5.41 Å². The van der Waals surface area contributed by atoms with Gasteiger partial charge < -0.3 is 10.4 Å². The average Bonchev–Trinajstić information content (AvgIpc) is 2.16. The highest BCUT2D eigenvalue weighted by Gasteiger charge is 2.40. The summed E-state index contributed by atoms with van der Waals surface area (Å²) < 4.78 is 0. The highest BCUT2D eigenvalue weighted by atomic mass is 32.2. The standard InChI is InChI=1S/C12H25NOS/c1-5-10(2)13-12(7-14)6-11(3,4)8-15-9-12/h10,13-14H,5-9H2,1-4H3. The monoisotopic (exact) mass is 231 g/mol. The molecule has 90 valence electrons. The van der Waals surface area contributed by atoms with E-state index in [9.17, 15) is 5.11 Å². The topological polar surface area (TPSA) is 32.3 Å². The van der Waals surface area contributed by atoms with E-state index in [2.05, 4.69) is 33.0 Å². The third kappa shape index (κ3) is 3.65. The van der Waals surface area contributed by atoms with Crippen LogP contribution in [0.25, 0.3) is 0 Å². The van der Waals surface area contributed by atoms with Crippen molar-refractivity contribution in [2.45, 2.75) is 52.1 Å². The fourth-order valence-electron chi connectivity index (χ4n) is 2.41. The molecule has 0 spiro atoms. The molecule has 1 heterocycles. The van der Waals surface area contributed by atoms with Crippen LogP contribution in [0.15, 0.2) is 0 Å². The van der Waals surface area contributed by atoms with Crippen LogP contribution >= 0.6 is 11.8 Å². The van der Waals surface area contributed by atoms with Crippen molar-refractivity contribution in [1.29, 1.82) is 0 Å². The Labute approximate surface area is 98.2 Å². The summed E-state index contributed by atoms with van der Waals surface area (Å²) >= 11 is 1.96. The van der Waals surface area contributed by atoms with Gasteiger partial charge in [0.2, 0.25) is 0 Å². The molecule has 0 aromatic carbocycles. The van der Waals surface area contributed by atoms with Crippen molar-refractivity contribution in [3.63, 3.8) is 0 Å². The summed E-state index contributed by atoms with van der Waals surface area (Å²) in [5.74, 6) is 2.24. The van der Waals surface area contributed by atoms with Gasteiger partial charge in [0, 0.05) is 11.8 Å². The molecule has 0 aliphatic carbocycles. The van der Waals surface area contributed by atoms with Crippen LogP contribution < -0.4 is 5.32 Å². The van der Waals surface area contributed by atoms with Gasteiger partial charge in [0.25, 0.3) is 0 Å². The minimum absolute atomic E-state index is 0.0537. The van der Waals surface area contributed by atoms with Crippen LogP contribution in [0.5, 0.6) is 0 Å². The third-order valence-electron chi connectivity index (χ3n) is 3.16. The van der Waals surface area contributed by atoms with E-state index >= 15 is 0 Å². The quantitative estimate of drug-likeness (QED) is 0.778. The maximum Gasteiger partial charge on any atom is 0.0621 e. The molecule has 2 atom stereocenters. The molecule has 1 fully saturated rings. The van der Waals surface area contributed by atoms with Gasteiger partial charge >= 0.3 is 0 Å². The van der Waals surface area contributed by atoms with Crippen molar-refractivity contribution in [3.8, 4) is 0 Å². The van der Waals surface area contributed by atoms with Crippen LogP contribution in [0.4, 0.5) is 0 Å². The lowest BCUT2D eigenvalue weighted by Crippen LogP contribution is -2.58. The number of aliphatic hydroxyl groups excluding tert-OH is 1. The van der Waals surface area contributed by atoms with Gasteiger partial charge in [0.05, 0.1) is 12.1 Å². The van der Waals surface area contributed by atoms with E-state index in [4.69, 9.17) is 0 Å². The molecule has 2 unspecified atom stereocenters.